The van der Waals surface area contributed by atoms with Gasteiger partial charge in [-0.25, -0.2) is 14.1 Å². The predicted octanol–water partition coefficient (Wildman–Crippen LogP) is 3.37. The average Bonchev–Trinajstić information content (AvgIpc) is 3.14. The molecule has 0 fully saturated rings. The first-order valence-electron chi connectivity index (χ1n) is 9.50. The third-order valence-electron chi connectivity index (χ3n) is 4.85. The number of hydrogen-bond acceptors (Lipinski definition) is 4. The number of carbonyl (C=O) groups is 1. The highest BCUT2D eigenvalue weighted by Crippen LogP contribution is 2.15. The minimum Gasteiger partial charge on any atom is -0.326 e. The van der Waals surface area contributed by atoms with E-state index in [0.717, 1.165) is 11.3 Å². The van der Waals surface area contributed by atoms with E-state index in [4.69, 9.17) is 0 Å². The summed E-state index contributed by atoms with van der Waals surface area (Å²) in [6, 6.07) is 13.3. The highest BCUT2D eigenvalue weighted by Gasteiger charge is 2.15. The van der Waals surface area contributed by atoms with Gasteiger partial charge in [0.15, 0.2) is 5.65 Å². The van der Waals surface area contributed by atoms with Crippen molar-refractivity contribution in [1.29, 1.82) is 0 Å². The molecule has 0 aliphatic rings. The third-order valence-corrected chi connectivity index (χ3v) is 4.85. The normalized spacial score (nSPS) is 11.0. The Morgan fingerprint density at radius 1 is 1.07 bits per heavy atom. The Kier molecular flexibility index (Phi) is 5.14. The van der Waals surface area contributed by atoms with Gasteiger partial charge in [-0.1, -0.05) is 17.7 Å². The average molecular weight is 405 g/mol. The number of fused-ring (bicyclic) bond motifs is 1. The number of hydrogen-bond donors (Lipinski definition) is 1. The van der Waals surface area contributed by atoms with Gasteiger partial charge in [0.25, 0.3) is 5.56 Å². The van der Waals surface area contributed by atoms with E-state index in [0.29, 0.717) is 22.5 Å². The monoisotopic (exact) mass is 405 g/mol. The second-order valence-corrected chi connectivity index (χ2v) is 7.05. The maximum atomic E-state index is 13.0. The number of anilines is 1. The summed E-state index contributed by atoms with van der Waals surface area (Å²) in [4.78, 5) is 29.7. The summed E-state index contributed by atoms with van der Waals surface area (Å²) in [5.41, 5.74) is 2.68. The Morgan fingerprint density at radius 2 is 1.77 bits per heavy atom. The van der Waals surface area contributed by atoms with E-state index < -0.39 is 0 Å². The van der Waals surface area contributed by atoms with Gasteiger partial charge in [0.1, 0.15) is 17.0 Å². The number of nitrogens with zero attached hydrogens (tertiary/aromatic N) is 4. The lowest BCUT2D eigenvalue weighted by molar-refractivity contribution is -0.116. The van der Waals surface area contributed by atoms with E-state index in [-0.39, 0.29) is 30.2 Å². The fourth-order valence-corrected chi connectivity index (χ4v) is 3.21. The summed E-state index contributed by atoms with van der Waals surface area (Å²) in [5, 5.41) is 7.40. The number of halogens is 1. The second-order valence-electron chi connectivity index (χ2n) is 7.05. The summed E-state index contributed by atoms with van der Waals surface area (Å²) in [7, 11) is 0. The lowest BCUT2D eigenvalue weighted by atomic mass is 10.2. The molecule has 1 N–H and O–H groups in total. The van der Waals surface area contributed by atoms with Crippen LogP contribution in [0.5, 0.6) is 0 Å². The van der Waals surface area contributed by atoms with Gasteiger partial charge in [0.2, 0.25) is 5.91 Å². The van der Waals surface area contributed by atoms with E-state index in [9.17, 15) is 14.0 Å². The molecule has 0 atom stereocenters. The molecular formula is C22H20FN5O2. The van der Waals surface area contributed by atoms with Gasteiger partial charge < -0.3 is 5.32 Å². The fourth-order valence-electron chi connectivity index (χ4n) is 3.21. The molecule has 30 heavy (non-hydrogen) atoms. The van der Waals surface area contributed by atoms with Gasteiger partial charge in [-0.05, 0) is 50.2 Å². The number of nitrogens with one attached hydrogen (secondary N) is 1. The van der Waals surface area contributed by atoms with E-state index >= 15 is 0 Å². The van der Waals surface area contributed by atoms with Crippen LogP contribution >= 0.6 is 0 Å². The zero-order chi connectivity index (χ0) is 21.3. The zero-order valence-electron chi connectivity index (χ0n) is 16.6. The van der Waals surface area contributed by atoms with Crippen molar-refractivity contribution in [3.8, 4) is 5.69 Å². The molecule has 0 aliphatic carbocycles. The lowest BCUT2D eigenvalue weighted by Gasteiger charge is -2.11. The molecule has 4 aromatic rings. The van der Waals surface area contributed by atoms with Crippen LogP contribution in [0.25, 0.3) is 16.7 Å². The minimum atomic E-state index is -0.374. The van der Waals surface area contributed by atoms with Crippen LogP contribution in [0.15, 0.2) is 59.5 Å². The summed E-state index contributed by atoms with van der Waals surface area (Å²) in [6.45, 7) is 3.90. The molecule has 1 amide bonds. The van der Waals surface area contributed by atoms with E-state index in [1.54, 1.807) is 11.6 Å². The molecule has 7 nitrogen and oxygen atoms in total. The van der Waals surface area contributed by atoms with Crippen LogP contribution in [0.4, 0.5) is 10.1 Å². The van der Waals surface area contributed by atoms with Crippen molar-refractivity contribution in [3.63, 3.8) is 0 Å². The van der Waals surface area contributed by atoms with Crippen LogP contribution < -0.4 is 10.9 Å². The van der Waals surface area contributed by atoms with Crippen LogP contribution in [-0.2, 0) is 11.3 Å². The van der Waals surface area contributed by atoms with Gasteiger partial charge in [0, 0.05) is 18.7 Å². The van der Waals surface area contributed by atoms with E-state index in [2.05, 4.69) is 15.4 Å². The summed E-state index contributed by atoms with van der Waals surface area (Å²) >= 11 is 0. The first-order chi connectivity index (χ1) is 14.4. The Bertz CT molecular complexity index is 1270. The van der Waals surface area contributed by atoms with Crippen LogP contribution in [0.2, 0.25) is 0 Å². The molecule has 4 rings (SSSR count). The molecule has 0 saturated carbocycles. The number of aryl methyl sites for hydroxylation is 2. The number of amides is 1. The van der Waals surface area contributed by atoms with E-state index in [1.807, 2.05) is 31.2 Å². The Morgan fingerprint density at radius 3 is 2.47 bits per heavy atom. The van der Waals surface area contributed by atoms with Crippen molar-refractivity contribution < 1.29 is 9.18 Å². The predicted molar refractivity (Wildman–Crippen MR) is 112 cm³/mol. The molecule has 0 radical (unpaired) electrons. The second kappa shape index (κ2) is 7.90. The van der Waals surface area contributed by atoms with Crippen LogP contribution in [0.3, 0.4) is 0 Å². The maximum Gasteiger partial charge on any atom is 0.264 e. The van der Waals surface area contributed by atoms with Gasteiger partial charge in [-0.3, -0.25) is 14.2 Å². The van der Waals surface area contributed by atoms with Gasteiger partial charge in [-0.2, -0.15) is 5.10 Å². The SMILES string of the molecule is Cc1ccc(-n2ncc3c(=O)n(CCC(=O)Nc4ccc(F)cc4)c(C)nc32)cc1. The Labute approximate surface area is 171 Å². The minimum absolute atomic E-state index is 0.0808. The van der Waals surface area contributed by atoms with Crippen molar-refractivity contribution in [1.82, 2.24) is 19.3 Å². The molecule has 0 saturated heterocycles. The quantitative estimate of drug-likeness (QED) is 0.552. The molecule has 0 unspecified atom stereocenters. The van der Waals surface area contributed by atoms with Gasteiger partial charge in [0.05, 0.1) is 11.9 Å². The maximum absolute atomic E-state index is 13.0. The molecule has 152 valence electrons. The third kappa shape index (κ3) is 3.84. The van der Waals surface area contributed by atoms with Crippen molar-refractivity contribution in [2.45, 2.75) is 26.8 Å². The van der Waals surface area contributed by atoms with Crippen LogP contribution in [0.1, 0.15) is 17.8 Å². The molecule has 0 bridgehead atoms. The van der Waals surface area contributed by atoms with Crippen molar-refractivity contribution in [2.75, 3.05) is 5.32 Å². The molecule has 2 heterocycles. The fraction of sp³-hybridized carbons (Fsp3) is 0.182. The molecular weight excluding hydrogens is 385 g/mol. The van der Waals surface area contributed by atoms with Crippen molar-refractivity contribution in [3.05, 3.63) is 82.3 Å². The summed E-state index contributed by atoms with van der Waals surface area (Å²) in [5.74, 6) is -0.153. The highest BCUT2D eigenvalue weighted by atomic mass is 19.1. The Balaban J connectivity index is 1.56. The topological polar surface area (TPSA) is 81.8 Å². The summed E-state index contributed by atoms with van der Waals surface area (Å²) in [6.07, 6.45) is 1.58. The zero-order valence-corrected chi connectivity index (χ0v) is 16.6. The highest BCUT2D eigenvalue weighted by molar-refractivity contribution is 5.90. The van der Waals surface area contributed by atoms with Gasteiger partial charge in [-0.15, -0.1) is 0 Å². The molecule has 2 aromatic heterocycles. The number of rotatable bonds is 5. The van der Waals surface area contributed by atoms with Crippen LogP contribution in [0, 0.1) is 19.7 Å². The standard InChI is InChI=1S/C22H20FN5O2/c1-14-3-9-18(10-4-14)28-21-19(13-24-28)22(30)27(15(2)25-21)12-11-20(29)26-17-7-5-16(23)6-8-17/h3-10,13H,11-12H2,1-2H3,(H,26,29). The molecule has 0 spiro atoms. The molecule has 8 heteroatoms. The van der Waals surface area contributed by atoms with Gasteiger partial charge >= 0.3 is 0 Å². The first-order valence-corrected chi connectivity index (χ1v) is 9.50. The van der Waals surface area contributed by atoms with E-state index in [1.165, 1.54) is 35.0 Å². The number of carbonyl (C=O) groups excluding carboxylic acids is 1. The summed E-state index contributed by atoms with van der Waals surface area (Å²) < 4.78 is 16.1. The largest absolute Gasteiger partial charge is 0.326 e. The van der Waals surface area contributed by atoms with Crippen molar-refractivity contribution in [2.24, 2.45) is 0 Å². The van der Waals surface area contributed by atoms with Crippen LogP contribution in [-0.4, -0.2) is 25.2 Å². The molecule has 0 aliphatic heterocycles. The lowest BCUT2D eigenvalue weighted by Crippen LogP contribution is -2.26. The Hall–Kier alpha value is -3.81. The number of aromatic nitrogens is 4. The smallest absolute Gasteiger partial charge is 0.264 e. The first kappa shape index (κ1) is 19.5. The number of benzene rings is 2. The molecule has 2 aromatic carbocycles. The van der Waals surface area contributed by atoms with Crippen molar-refractivity contribution >= 4 is 22.6 Å².